The Morgan fingerprint density at radius 2 is 2.10 bits per heavy atom. The fourth-order valence-corrected chi connectivity index (χ4v) is 2.02. The highest BCUT2D eigenvalue weighted by Gasteiger charge is 2.20. The van der Waals surface area contributed by atoms with Crippen LogP contribution < -0.4 is 5.32 Å². The highest BCUT2D eigenvalue weighted by atomic mass is 16.2. The third-order valence-electron chi connectivity index (χ3n) is 3.46. The normalized spacial score (nSPS) is 13.9. The lowest BCUT2D eigenvalue weighted by Gasteiger charge is -2.29. The molecule has 20 heavy (non-hydrogen) atoms. The van der Waals surface area contributed by atoms with Crippen LogP contribution in [0.3, 0.4) is 0 Å². The first-order valence-electron chi connectivity index (χ1n) is 6.89. The Morgan fingerprint density at radius 1 is 1.40 bits per heavy atom. The summed E-state index contributed by atoms with van der Waals surface area (Å²) in [5, 5.41) is 11.6. The number of carbonyl (C=O) groups is 1. The maximum Gasteiger partial charge on any atom is 0.317 e. The zero-order chi connectivity index (χ0) is 14.4. The maximum atomic E-state index is 11.9. The Hall–Kier alpha value is -1.99. The predicted molar refractivity (Wildman–Crippen MR) is 78.0 cm³/mol. The van der Waals surface area contributed by atoms with Crippen LogP contribution in [-0.2, 0) is 6.54 Å². The topological polar surface area (TPSA) is 52.6 Å². The Kier molecular flexibility index (Phi) is 5.03. The first-order chi connectivity index (χ1) is 9.69. The number of amides is 2. The largest absolute Gasteiger partial charge is 0.384 e. The van der Waals surface area contributed by atoms with E-state index in [0.717, 1.165) is 24.0 Å². The van der Waals surface area contributed by atoms with Crippen LogP contribution >= 0.6 is 0 Å². The summed E-state index contributed by atoms with van der Waals surface area (Å²) in [6.07, 6.45) is 3.40. The first-order valence-corrected chi connectivity index (χ1v) is 6.89. The van der Waals surface area contributed by atoms with Gasteiger partial charge in [0.15, 0.2) is 0 Å². The lowest BCUT2D eigenvalue weighted by molar-refractivity contribution is 0.195. The molecule has 0 spiro atoms. The van der Waals surface area contributed by atoms with Crippen LogP contribution in [0, 0.1) is 11.8 Å². The molecule has 4 nitrogen and oxygen atoms in total. The number of nitrogens with one attached hydrogen (secondary N) is 1. The number of hydrogen-bond donors (Lipinski definition) is 2. The van der Waals surface area contributed by atoms with E-state index in [-0.39, 0.29) is 12.6 Å². The predicted octanol–water partition coefficient (Wildman–Crippen LogP) is 1.72. The zero-order valence-corrected chi connectivity index (χ0v) is 11.7. The highest BCUT2D eigenvalue weighted by Crippen LogP contribution is 2.18. The Morgan fingerprint density at radius 3 is 2.65 bits per heavy atom. The fourth-order valence-electron chi connectivity index (χ4n) is 2.02. The van der Waals surface area contributed by atoms with E-state index < -0.39 is 0 Å². The average molecular weight is 272 g/mol. The molecular weight excluding hydrogens is 252 g/mol. The molecule has 4 heteroatoms. The minimum Gasteiger partial charge on any atom is -0.384 e. The van der Waals surface area contributed by atoms with Crippen molar-refractivity contribution in [2.24, 2.45) is 0 Å². The van der Waals surface area contributed by atoms with E-state index in [2.05, 4.69) is 17.2 Å². The van der Waals surface area contributed by atoms with E-state index in [0.29, 0.717) is 12.6 Å². The molecule has 2 N–H and O–H groups in total. The van der Waals surface area contributed by atoms with E-state index in [1.807, 2.05) is 24.3 Å². The van der Waals surface area contributed by atoms with Crippen LogP contribution in [0.4, 0.5) is 4.79 Å². The van der Waals surface area contributed by atoms with Crippen LogP contribution in [0.15, 0.2) is 24.3 Å². The van der Waals surface area contributed by atoms with Gasteiger partial charge in [0.25, 0.3) is 0 Å². The summed E-state index contributed by atoms with van der Waals surface area (Å²) >= 11 is 0. The lowest BCUT2D eigenvalue weighted by Crippen LogP contribution is -2.45. The van der Waals surface area contributed by atoms with Crippen molar-refractivity contribution in [3.05, 3.63) is 35.4 Å². The lowest BCUT2D eigenvalue weighted by atomic mass is 9.93. The number of hydrogen-bond acceptors (Lipinski definition) is 2. The number of carbonyl (C=O) groups excluding carboxylic acids is 1. The quantitative estimate of drug-likeness (QED) is 0.823. The molecule has 1 saturated carbocycles. The van der Waals surface area contributed by atoms with Crippen LogP contribution in [0.2, 0.25) is 0 Å². The van der Waals surface area contributed by atoms with Gasteiger partial charge in [0, 0.05) is 25.2 Å². The molecule has 1 aliphatic rings. The van der Waals surface area contributed by atoms with Crippen molar-refractivity contribution >= 4 is 6.03 Å². The summed E-state index contributed by atoms with van der Waals surface area (Å²) in [6, 6.07) is 8.05. The van der Waals surface area contributed by atoms with Gasteiger partial charge >= 0.3 is 6.03 Å². The summed E-state index contributed by atoms with van der Waals surface area (Å²) in [7, 11) is 1.80. The minimum absolute atomic E-state index is 0.0150. The second kappa shape index (κ2) is 6.97. The number of rotatable bonds is 3. The second-order valence-electron chi connectivity index (χ2n) is 5.09. The van der Waals surface area contributed by atoms with Gasteiger partial charge in [-0.3, -0.25) is 0 Å². The molecule has 0 aromatic heterocycles. The van der Waals surface area contributed by atoms with Crippen molar-refractivity contribution < 1.29 is 9.90 Å². The fraction of sp³-hybridized carbons (Fsp3) is 0.438. The zero-order valence-electron chi connectivity index (χ0n) is 11.7. The maximum absolute atomic E-state index is 11.9. The summed E-state index contributed by atoms with van der Waals surface area (Å²) < 4.78 is 0. The van der Waals surface area contributed by atoms with Crippen molar-refractivity contribution in [1.82, 2.24) is 10.2 Å². The molecule has 2 rings (SSSR count). The van der Waals surface area contributed by atoms with E-state index in [1.165, 1.54) is 6.42 Å². The van der Waals surface area contributed by atoms with E-state index in [1.54, 1.807) is 11.9 Å². The molecule has 0 bridgehead atoms. The molecule has 1 aliphatic carbocycles. The monoisotopic (exact) mass is 272 g/mol. The minimum atomic E-state index is -0.133. The van der Waals surface area contributed by atoms with E-state index in [4.69, 9.17) is 5.11 Å². The summed E-state index contributed by atoms with van der Waals surface area (Å²) in [6.45, 7) is 0.443. The average Bonchev–Trinajstić information content (AvgIpc) is 2.41. The third-order valence-corrected chi connectivity index (χ3v) is 3.46. The van der Waals surface area contributed by atoms with Crippen LogP contribution in [0.5, 0.6) is 0 Å². The Labute approximate surface area is 119 Å². The van der Waals surface area contributed by atoms with Crippen molar-refractivity contribution in [2.75, 3.05) is 13.7 Å². The number of nitrogens with zero attached hydrogens (tertiary/aromatic N) is 1. The van der Waals surface area contributed by atoms with Crippen molar-refractivity contribution in [2.45, 2.75) is 31.8 Å². The summed E-state index contributed by atoms with van der Waals surface area (Å²) in [4.78, 5) is 13.6. The molecule has 1 aromatic carbocycles. The molecular formula is C16H20N2O2. The van der Waals surface area contributed by atoms with Gasteiger partial charge in [-0.1, -0.05) is 24.0 Å². The SMILES string of the molecule is CN(Cc1ccc(C#CCO)cc1)C(=O)NC1CCC1. The second-order valence-corrected chi connectivity index (χ2v) is 5.09. The van der Waals surface area contributed by atoms with Crippen LogP contribution in [-0.4, -0.2) is 35.7 Å². The number of aliphatic hydroxyl groups is 1. The number of benzene rings is 1. The van der Waals surface area contributed by atoms with Crippen molar-refractivity contribution in [3.8, 4) is 11.8 Å². The molecule has 0 saturated heterocycles. The molecule has 0 atom stereocenters. The highest BCUT2D eigenvalue weighted by molar-refractivity contribution is 5.74. The Bertz CT molecular complexity index is 510. The molecule has 1 fully saturated rings. The summed E-state index contributed by atoms with van der Waals surface area (Å²) in [5.74, 6) is 5.45. The molecule has 0 aliphatic heterocycles. The van der Waals surface area contributed by atoms with Gasteiger partial charge in [-0.2, -0.15) is 0 Å². The smallest absolute Gasteiger partial charge is 0.317 e. The standard InChI is InChI=1S/C16H20N2O2/c1-18(16(20)17-15-5-2-6-15)12-14-9-7-13(8-10-14)4-3-11-19/h7-10,15,19H,2,5-6,11-12H2,1H3,(H,17,20). The summed E-state index contributed by atoms with van der Waals surface area (Å²) in [5.41, 5.74) is 1.93. The van der Waals surface area contributed by atoms with Gasteiger partial charge < -0.3 is 15.3 Å². The van der Waals surface area contributed by atoms with Gasteiger partial charge in [0.1, 0.15) is 6.61 Å². The molecule has 106 valence electrons. The van der Waals surface area contributed by atoms with Gasteiger partial charge in [-0.05, 0) is 37.0 Å². The van der Waals surface area contributed by atoms with Crippen LogP contribution in [0.25, 0.3) is 0 Å². The van der Waals surface area contributed by atoms with Crippen molar-refractivity contribution in [3.63, 3.8) is 0 Å². The number of aliphatic hydroxyl groups excluding tert-OH is 1. The Balaban J connectivity index is 1.86. The molecule has 0 unspecified atom stereocenters. The van der Waals surface area contributed by atoms with Crippen molar-refractivity contribution in [1.29, 1.82) is 0 Å². The first kappa shape index (κ1) is 14.4. The molecule has 0 heterocycles. The third kappa shape index (κ3) is 4.01. The molecule has 2 amide bonds. The molecule has 0 radical (unpaired) electrons. The van der Waals surface area contributed by atoms with Gasteiger partial charge in [-0.15, -0.1) is 0 Å². The van der Waals surface area contributed by atoms with Gasteiger partial charge in [0.2, 0.25) is 0 Å². The van der Waals surface area contributed by atoms with Gasteiger partial charge in [0.05, 0.1) is 0 Å². The van der Waals surface area contributed by atoms with E-state index in [9.17, 15) is 4.79 Å². The van der Waals surface area contributed by atoms with Gasteiger partial charge in [-0.25, -0.2) is 4.79 Å². The molecule has 1 aromatic rings. The van der Waals surface area contributed by atoms with E-state index >= 15 is 0 Å². The number of urea groups is 1. The van der Waals surface area contributed by atoms with Crippen LogP contribution in [0.1, 0.15) is 30.4 Å².